The van der Waals surface area contributed by atoms with Crippen molar-refractivity contribution >= 4 is 5.82 Å². The van der Waals surface area contributed by atoms with Crippen molar-refractivity contribution in [3.63, 3.8) is 0 Å². The summed E-state index contributed by atoms with van der Waals surface area (Å²) in [5, 5.41) is 7.00. The third-order valence-corrected chi connectivity index (χ3v) is 3.28. The Bertz CT molecular complexity index is 764. The van der Waals surface area contributed by atoms with Gasteiger partial charge in [-0.2, -0.15) is 0 Å². The number of para-hydroxylation sites is 1. The fourth-order valence-electron chi connectivity index (χ4n) is 2.10. The van der Waals surface area contributed by atoms with Crippen LogP contribution in [0.15, 0.2) is 33.9 Å². The molecule has 0 bridgehead atoms. The van der Waals surface area contributed by atoms with E-state index >= 15 is 0 Å². The van der Waals surface area contributed by atoms with E-state index in [9.17, 15) is 9.59 Å². The molecule has 21 heavy (non-hydrogen) atoms. The first kappa shape index (κ1) is 14.8. The van der Waals surface area contributed by atoms with E-state index in [1.54, 1.807) is 7.11 Å². The second-order valence-electron chi connectivity index (χ2n) is 4.73. The van der Waals surface area contributed by atoms with Gasteiger partial charge in [0.1, 0.15) is 5.75 Å². The van der Waals surface area contributed by atoms with E-state index in [1.807, 2.05) is 31.2 Å². The molecule has 0 fully saturated rings. The van der Waals surface area contributed by atoms with E-state index in [0.29, 0.717) is 0 Å². The molecule has 0 unspecified atom stereocenters. The maximum absolute atomic E-state index is 12.1. The Balaban J connectivity index is 2.39. The molecule has 0 radical (unpaired) electrons. The van der Waals surface area contributed by atoms with Crippen LogP contribution in [0.5, 0.6) is 5.75 Å². The molecule has 1 heterocycles. The standard InChI is InChI=1S/C14H18N4O3/c1-9(10-7-5-6-8-11(10)21-4)15-12-13(19)17(2)14(20)18(3)16-12/h5-9H,1-4H3,(H,15,16)/t9-/m0/s1. The maximum atomic E-state index is 12.1. The van der Waals surface area contributed by atoms with Gasteiger partial charge in [-0.3, -0.25) is 9.36 Å². The number of ether oxygens (including phenoxy) is 1. The fourth-order valence-corrected chi connectivity index (χ4v) is 2.10. The molecule has 7 nitrogen and oxygen atoms in total. The molecule has 0 spiro atoms. The highest BCUT2D eigenvalue weighted by Gasteiger charge is 2.15. The fraction of sp³-hybridized carbons (Fsp3) is 0.357. The predicted molar refractivity (Wildman–Crippen MR) is 79.8 cm³/mol. The first-order valence-electron chi connectivity index (χ1n) is 6.49. The van der Waals surface area contributed by atoms with Crippen LogP contribution in [-0.4, -0.2) is 21.5 Å². The van der Waals surface area contributed by atoms with E-state index in [4.69, 9.17) is 4.74 Å². The number of aromatic nitrogens is 3. The van der Waals surface area contributed by atoms with Crippen LogP contribution in [0.1, 0.15) is 18.5 Å². The smallest absolute Gasteiger partial charge is 0.346 e. The Morgan fingerprint density at radius 1 is 1.24 bits per heavy atom. The van der Waals surface area contributed by atoms with Crippen LogP contribution in [0.3, 0.4) is 0 Å². The lowest BCUT2D eigenvalue weighted by atomic mass is 10.1. The lowest BCUT2D eigenvalue weighted by Crippen LogP contribution is -2.40. The van der Waals surface area contributed by atoms with Crippen LogP contribution in [-0.2, 0) is 14.1 Å². The van der Waals surface area contributed by atoms with Crippen LogP contribution in [0.2, 0.25) is 0 Å². The first-order chi connectivity index (χ1) is 9.95. The van der Waals surface area contributed by atoms with Gasteiger partial charge in [0, 0.05) is 19.7 Å². The molecule has 112 valence electrons. The van der Waals surface area contributed by atoms with Crippen molar-refractivity contribution in [2.24, 2.45) is 14.1 Å². The van der Waals surface area contributed by atoms with Gasteiger partial charge in [-0.1, -0.05) is 18.2 Å². The number of hydrogen-bond donors (Lipinski definition) is 1. The quantitative estimate of drug-likeness (QED) is 0.895. The van der Waals surface area contributed by atoms with Crippen LogP contribution < -0.4 is 21.3 Å². The molecule has 2 aromatic rings. The third-order valence-electron chi connectivity index (χ3n) is 3.28. The summed E-state index contributed by atoms with van der Waals surface area (Å²) in [5.41, 5.74) is -0.0203. The largest absolute Gasteiger partial charge is 0.496 e. The second-order valence-corrected chi connectivity index (χ2v) is 4.73. The van der Waals surface area contributed by atoms with Crippen molar-refractivity contribution in [2.75, 3.05) is 12.4 Å². The highest BCUT2D eigenvalue weighted by molar-refractivity contribution is 5.41. The Hall–Kier alpha value is -2.57. The summed E-state index contributed by atoms with van der Waals surface area (Å²) in [6.45, 7) is 1.89. The Morgan fingerprint density at radius 3 is 2.57 bits per heavy atom. The van der Waals surface area contributed by atoms with Crippen LogP contribution in [0, 0.1) is 0 Å². The summed E-state index contributed by atoms with van der Waals surface area (Å²) in [6, 6.07) is 7.32. The summed E-state index contributed by atoms with van der Waals surface area (Å²) in [4.78, 5) is 23.7. The predicted octanol–water partition coefficient (Wildman–Crippen LogP) is 0.661. The van der Waals surface area contributed by atoms with Crippen molar-refractivity contribution in [1.29, 1.82) is 0 Å². The molecule has 0 saturated heterocycles. The van der Waals surface area contributed by atoms with Crippen LogP contribution in [0.25, 0.3) is 0 Å². The number of nitrogens with zero attached hydrogens (tertiary/aromatic N) is 3. The van der Waals surface area contributed by atoms with Crippen molar-refractivity contribution in [1.82, 2.24) is 14.3 Å². The van der Waals surface area contributed by atoms with Crippen molar-refractivity contribution in [2.45, 2.75) is 13.0 Å². The third kappa shape index (κ3) is 2.81. The summed E-state index contributed by atoms with van der Waals surface area (Å²) in [7, 11) is 4.51. The molecule has 0 aliphatic rings. The Kier molecular flexibility index (Phi) is 4.11. The topological polar surface area (TPSA) is 78.2 Å². The molecule has 7 heteroatoms. The molecule has 2 rings (SSSR count). The van der Waals surface area contributed by atoms with Gasteiger partial charge in [0.25, 0.3) is 5.56 Å². The van der Waals surface area contributed by atoms with Crippen molar-refractivity contribution in [3.05, 3.63) is 50.7 Å². The number of rotatable bonds is 4. The van der Waals surface area contributed by atoms with E-state index in [0.717, 1.165) is 20.6 Å². The zero-order chi connectivity index (χ0) is 15.6. The molecule has 1 aromatic heterocycles. The maximum Gasteiger partial charge on any atom is 0.346 e. The zero-order valence-electron chi connectivity index (χ0n) is 12.5. The lowest BCUT2D eigenvalue weighted by molar-refractivity contribution is 0.408. The van der Waals surface area contributed by atoms with E-state index < -0.39 is 11.2 Å². The molecule has 1 atom stereocenters. The monoisotopic (exact) mass is 290 g/mol. The van der Waals surface area contributed by atoms with Gasteiger partial charge >= 0.3 is 5.69 Å². The van der Waals surface area contributed by atoms with Crippen LogP contribution in [0.4, 0.5) is 5.82 Å². The minimum Gasteiger partial charge on any atom is -0.496 e. The number of hydrogen-bond acceptors (Lipinski definition) is 5. The van der Waals surface area contributed by atoms with Gasteiger partial charge in [0.15, 0.2) is 0 Å². The van der Waals surface area contributed by atoms with Crippen LogP contribution >= 0.6 is 0 Å². The number of nitrogens with one attached hydrogen (secondary N) is 1. The van der Waals surface area contributed by atoms with Gasteiger partial charge in [-0.25, -0.2) is 9.48 Å². The molecule has 1 N–H and O–H groups in total. The summed E-state index contributed by atoms with van der Waals surface area (Å²) >= 11 is 0. The van der Waals surface area contributed by atoms with Gasteiger partial charge < -0.3 is 10.1 Å². The number of anilines is 1. The number of benzene rings is 1. The minimum atomic E-state index is -0.463. The van der Waals surface area contributed by atoms with Crippen molar-refractivity contribution < 1.29 is 4.74 Å². The minimum absolute atomic E-state index is 0.123. The lowest BCUT2D eigenvalue weighted by Gasteiger charge is -2.17. The second kappa shape index (κ2) is 5.82. The molecule has 0 saturated carbocycles. The molecule has 0 amide bonds. The van der Waals surface area contributed by atoms with Gasteiger partial charge in [-0.15, -0.1) is 5.10 Å². The number of methoxy groups -OCH3 is 1. The SMILES string of the molecule is COc1ccccc1[C@H](C)Nc1nn(C)c(=O)n(C)c1=O. The zero-order valence-corrected chi connectivity index (χ0v) is 12.5. The van der Waals surface area contributed by atoms with E-state index in [-0.39, 0.29) is 11.9 Å². The Morgan fingerprint density at radius 2 is 1.90 bits per heavy atom. The average Bonchev–Trinajstić information content (AvgIpc) is 2.50. The van der Waals surface area contributed by atoms with Gasteiger partial charge in [0.05, 0.1) is 13.2 Å². The first-order valence-corrected chi connectivity index (χ1v) is 6.49. The molecule has 1 aromatic carbocycles. The van der Waals surface area contributed by atoms with Gasteiger partial charge in [0.2, 0.25) is 5.82 Å². The average molecular weight is 290 g/mol. The highest BCUT2D eigenvalue weighted by Crippen LogP contribution is 2.25. The highest BCUT2D eigenvalue weighted by atomic mass is 16.5. The van der Waals surface area contributed by atoms with Crippen molar-refractivity contribution in [3.8, 4) is 5.75 Å². The van der Waals surface area contributed by atoms with E-state index in [1.165, 1.54) is 14.1 Å². The number of aryl methyl sites for hydroxylation is 1. The normalized spacial score (nSPS) is 12.0. The van der Waals surface area contributed by atoms with Gasteiger partial charge in [-0.05, 0) is 13.0 Å². The molecule has 0 aliphatic heterocycles. The summed E-state index contributed by atoms with van der Waals surface area (Å²) < 4.78 is 7.44. The van der Waals surface area contributed by atoms with E-state index in [2.05, 4.69) is 10.4 Å². The summed E-state index contributed by atoms with van der Waals surface area (Å²) in [6.07, 6.45) is 0. The molecule has 0 aliphatic carbocycles. The molecular formula is C14H18N4O3. The summed E-state index contributed by atoms with van der Waals surface area (Å²) in [5.74, 6) is 0.845. The molecular weight excluding hydrogens is 272 g/mol. The Labute approximate surface area is 121 Å².